The molecule has 2 fully saturated rings. The molecule has 0 bridgehead atoms. The van der Waals surface area contributed by atoms with Crippen LogP contribution in [0.4, 0.5) is 0 Å². The first-order valence-electron chi connectivity index (χ1n) is 11.3. The van der Waals surface area contributed by atoms with Gasteiger partial charge >= 0.3 is 0 Å². The van der Waals surface area contributed by atoms with E-state index in [1.54, 1.807) is 4.90 Å². The SMILES string of the molecule is O=C1CCC(N2Cc3cccc(CN[C@@H]4CNC[C@@H]4Cc4ccccc4)c3C2=O)C(=O)N1. The van der Waals surface area contributed by atoms with E-state index in [1.807, 2.05) is 24.3 Å². The van der Waals surface area contributed by atoms with Crippen LogP contribution in [-0.2, 0) is 29.1 Å². The second-order valence-corrected chi connectivity index (χ2v) is 8.95. The van der Waals surface area contributed by atoms with Gasteiger partial charge in [-0.2, -0.15) is 0 Å². The average molecular weight is 433 g/mol. The van der Waals surface area contributed by atoms with Crippen molar-refractivity contribution in [2.45, 2.75) is 44.4 Å². The third-order valence-corrected chi connectivity index (χ3v) is 6.87. The number of hydrogen-bond donors (Lipinski definition) is 3. The molecular formula is C25H28N4O3. The van der Waals surface area contributed by atoms with Gasteiger partial charge in [0.25, 0.3) is 5.91 Å². The number of carbonyl (C=O) groups is 3. The number of imide groups is 1. The Morgan fingerprint density at radius 2 is 1.84 bits per heavy atom. The maximum Gasteiger partial charge on any atom is 0.255 e. The number of amides is 3. The van der Waals surface area contributed by atoms with Crippen molar-refractivity contribution in [2.24, 2.45) is 5.92 Å². The fraction of sp³-hybridized carbons (Fsp3) is 0.400. The highest BCUT2D eigenvalue weighted by molar-refractivity contribution is 6.05. The first kappa shape index (κ1) is 20.8. The van der Waals surface area contributed by atoms with E-state index in [-0.39, 0.29) is 24.1 Å². The van der Waals surface area contributed by atoms with Gasteiger partial charge in [0.1, 0.15) is 6.04 Å². The largest absolute Gasteiger partial charge is 0.322 e. The monoisotopic (exact) mass is 432 g/mol. The van der Waals surface area contributed by atoms with Crippen molar-refractivity contribution < 1.29 is 14.4 Å². The van der Waals surface area contributed by atoms with Gasteiger partial charge in [-0.05, 0) is 42.0 Å². The summed E-state index contributed by atoms with van der Waals surface area (Å²) in [6.45, 7) is 2.90. The van der Waals surface area contributed by atoms with Gasteiger partial charge in [0.15, 0.2) is 0 Å². The molecule has 0 aromatic heterocycles. The molecule has 2 aromatic carbocycles. The van der Waals surface area contributed by atoms with Gasteiger partial charge in [-0.3, -0.25) is 19.7 Å². The van der Waals surface area contributed by atoms with Gasteiger partial charge in [0.2, 0.25) is 11.8 Å². The summed E-state index contributed by atoms with van der Waals surface area (Å²) in [7, 11) is 0. The minimum atomic E-state index is -0.581. The fourth-order valence-electron chi connectivity index (χ4n) is 5.18. The molecule has 32 heavy (non-hydrogen) atoms. The average Bonchev–Trinajstić information content (AvgIpc) is 3.37. The Morgan fingerprint density at radius 3 is 2.66 bits per heavy atom. The molecule has 3 aliphatic rings. The maximum atomic E-state index is 13.3. The molecule has 7 nitrogen and oxygen atoms in total. The van der Waals surface area contributed by atoms with Crippen LogP contribution < -0.4 is 16.0 Å². The van der Waals surface area contributed by atoms with E-state index in [1.165, 1.54) is 5.56 Å². The smallest absolute Gasteiger partial charge is 0.255 e. The molecule has 7 heteroatoms. The Labute approximate surface area is 187 Å². The molecule has 166 valence electrons. The predicted octanol–water partition coefficient (Wildman–Crippen LogP) is 1.37. The first-order valence-corrected chi connectivity index (χ1v) is 11.3. The highest BCUT2D eigenvalue weighted by Gasteiger charge is 2.40. The lowest BCUT2D eigenvalue weighted by molar-refractivity contribution is -0.136. The van der Waals surface area contributed by atoms with Crippen molar-refractivity contribution in [1.82, 2.24) is 20.9 Å². The summed E-state index contributed by atoms with van der Waals surface area (Å²) in [6, 6.07) is 16.2. The normalized spacial score (nSPS) is 25.2. The zero-order valence-corrected chi connectivity index (χ0v) is 18.0. The molecule has 5 rings (SSSR count). The van der Waals surface area contributed by atoms with Crippen molar-refractivity contribution in [3.63, 3.8) is 0 Å². The minimum Gasteiger partial charge on any atom is -0.322 e. The lowest BCUT2D eigenvalue weighted by Crippen LogP contribution is -2.52. The second kappa shape index (κ2) is 8.84. The molecule has 3 atom stereocenters. The Bertz CT molecular complexity index is 1040. The predicted molar refractivity (Wildman–Crippen MR) is 120 cm³/mol. The third-order valence-electron chi connectivity index (χ3n) is 6.87. The van der Waals surface area contributed by atoms with Gasteiger partial charge in [-0.15, -0.1) is 0 Å². The molecule has 2 aromatic rings. The molecule has 3 aliphatic heterocycles. The van der Waals surface area contributed by atoms with Gasteiger partial charge in [0.05, 0.1) is 0 Å². The minimum absolute atomic E-state index is 0.114. The highest BCUT2D eigenvalue weighted by Crippen LogP contribution is 2.30. The summed E-state index contributed by atoms with van der Waals surface area (Å²) in [5.41, 5.74) is 3.95. The molecule has 0 aliphatic carbocycles. The van der Waals surface area contributed by atoms with E-state index in [2.05, 4.69) is 40.2 Å². The summed E-state index contributed by atoms with van der Waals surface area (Å²) in [4.78, 5) is 38.7. The molecule has 2 saturated heterocycles. The Hall–Kier alpha value is -3.03. The van der Waals surface area contributed by atoms with E-state index in [0.717, 1.165) is 30.6 Å². The fourth-order valence-corrected chi connectivity index (χ4v) is 5.18. The lowest BCUT2D eigenvalue weighted by Gasteiger charge is -2.29. The van der Waals surface area contributed by atoms with Gasteiger partial charge in [0, 0.05) is 37.7 Å². The van der Waals surface area contributed by atoms with Gasteiger partial charge in [-0.25, -0.2) is 0 Å². The van der Waals surface area contributed by atoms with Crippen molar-refractivity contribution in [2.75, 3.05) is 13.1 Å². The molecule has 0 saturated carbocycles. The molecule has 0 radical (unpaired) electrons. The number of hydrogen-bond acceptors (Lipinski definition) is 5. The van der Waals surface area contributed by atoms with E-state index in [9.17, 15) is 14.4 Å². The van der Waals surface area contributed by atoms with Gasteiger partial charge in [-0.1, -0.05) is 48.5 Å². The van der Waals surface area contributed by atoms with Crippen molar-refractivity contribution in [3.8, 4) is 0 Å². The number of nitrogens with one attached hydrogen (secondary N) is 3. The van der Waals surface area contributed by atoms with Crippen molar-refractivity contribution in [1.29, 1.82) is 0 Å². The van der Waals surface area contributed by atoms with E-state index >= 15 is 0 Å². The lowest BCUT2D eigenvalue weighted by atomic mass is 9.94. The van der Waals surface area contributed by atoms with E-state index in [0.29, 0.717) is 37.0 Å². The van der Waals surface area contributed by atoms with Crippen LogP contribution in [0.1, 0.15) is 39.9 Å². The summed E-state index contributed by atoms with van der Waals surface area (Å²) in [6.07, 6.45) is 1.66. The Kier molecular flexibility index (Phi) is 5.76. The van der Waals surface area contributed by atoms with Crippen molar-refractivity contribution >= 4 is 17.7 Å². The molecule has 3 heterocycles. The molecule has 3 N–H and O–H groups in total. The van der Waals surface area contributed by atoms with Crippen LogP contribution in [0.5, 0.6) is 0 Å². The van der Waals surface area contributed by atoms with Crippen LogP contribution in [0.3, 0.4) is 0 Å². The summed E-state index contributed by atoms with van der Waals surface area (Å²) in [5, 5.41) is 9.52. The number of piperidine rings is 1. The van der Waals surface area contributed by atoms with Gasteiger partial charge < -0.3 is 15.5 Å². The van der Waals surface area contributed by atoms with Crippen LogP contribution in [0.25, 0.3) is 0 Å². The summed E-state index contributed by atoms with van der Waals surface area (Å²) >= 11 is 0. The molecule has 3 amide bonds. The number of rotatable bonds is 6. The Morgan fingerprint density at radius 1 is 1.00 bits per heavy atom. The summed E-state index contributed by atoms with van der Waals surface area (Å²) in [5.74, 6) is -0.263. The zero-order valence-electron chi connectivity index (χ0n) is 18.0. The standard InChI is InChI=1S/C25H28N4O3/c30-22-10-9-21(24(31)28-22)29-15-18-8-4-7-17(23(18)25(29)32)13-27-20-14-26-12-19(20)11-16-5-2-1-3-6-16/h1-8,19-21,26-27H,9-15H2,(H,28,30,31)/t19-,20+,21?/m0/s1. The second-order valence-electron chi connectivity index (χ2n) is 8.95. The van der Waals surface area contributed by atoms with E-state index in [4.69, 9.17) is 0 Å². The first-order chi connectivity index (χ1) is 15.6. The van der Waals surface area contributed by atoms with Crippen LogP contribution in [0.2, 0.25) is 0 Å². The van der Waals surface area contributed by atoms with Crippen LogP contribution in [0, 0.1) is 5.92 Å². The number of fused-ring (bicyclic) bond motifs is 1. The van der Waals surface area contributed by atoms with Crippen LogP contribution >= 0.6 is 0 Å². The molecule has 1 unspecified atom stereocenters. The summed E-state index contributed by atoms with van der Waals surface area (Å²) < 4.78 is 0. The Balaban J connectivity index is 1.27. The van der Waals surface area contributed by atoms with E-state index < -0.39 is 6.04 Å². The number of benzene rings is 2. The zero-order chi connectivity index (χ0) is 22.1. The molecule has 0 spiro atoms. The van der Waals surface area contributed by atoms with Crippen LogP contribution in [0.15, 0.2) is 48.5 Å². The highest BCUT2D eigenvalue weighted by atomic mass is 16.2. The third kappa shape index (κ3) is 4.06. The maximum absolute atomic E-state index is 13.3. The van der Waals surface area contributed by atoms with Crippen LogP contribution in [-0.4, -0.2) is 47.8 Å². The number of carbonyl (C=O) groups excluding carboxylic acids is 3. The van der Waals surface area contributed by atoms with Crippen molar-refractivity contribution in [3.05, 3.63) is 70.8 Å². The molecular weight excluding hydrogens is 404 g/mol. The number of nitrogens with zero attached hydrogens (tertiary/aromatic N) is 1. The topological polar surface area (TPSA) is 90.5 Å². The quantitative estimate of drug-likeness (QED) is 0.600.